The number of rotatable bonds is 11. The van der Waals surface area contributed by atoms with Crippen LogP contribution in [0.4, 0.5) is 0 Å². The molecule has 1 amide bonds. The highest BCUT2D eigenvalue weighted by Crippen LogP contribution is 2.26. The molecule has 172 valence electrons. The first kappa shape index (κ1) is 23.1. The van der Waals surface area contributed by atoms with Crippen LogP contribution in [0.3, 0.4) is 0 Å². The Balaban J connectivity index is 1.29. The lowest BCUT2D eigenvalue weighted by molar-refractivity contribution is -0.118. The number of hydrogen-bond acceptors (Lipinski definition) is 5. The fourth-order valence-electron chi connectivity index (χ4n) is 3.96. The summed E-state index contributed by atoms with van der Waals surface area (Å²) in [7, 11) is 0. The molecular formula is C26H30N4O2S. The monoisotopic (exact) mass is 462 g/mol. The Labute approximate surface area is 199 Å². The molecule has 0 unspecified atom stereocenters. The molecule has 0 bridgehead atoms. The molecule has 2 aromatic carbocycles. The van der Waals surface area contributed by atoms with Crippen LogP contribution in [0.2, 0.25) is 0 Å². The lowest BCUT2D eigenvalue weighted by Gasteiger charge is -2.16. The molecule has 6 nitrogen and oxygen atoms in total. The van der Waals surface area contributed by atoms with E-state index in [1.807, 2.05) is 28.8 Å². The van der Waals surface area contributed by atoms with Gasteiger partial charge in [0.1, 0.15) is 12.4 Å². The Morgan fingerprint density at radius 2 is 1.94 bits per heavy atom. The Kier molecular flexibility index (Phi) is 8.19. The summed E-state index contributed by atoms with van der Waals surface area (Å²) >= 11 is 1.38. The van der Waals surface area contributed by atoms with Crippen molar-refractivity contribution in [2.75, 3.05) is 12.3 Å². The van der Waals surface area contributed by atoms with E-state index in [1.54, 1.807) is 6.08 Å². The largest absolute Gasteiger partial charge is 0.486 e. The lowest BCUT2D eigenvalue weighted by Crippen LogP contribution is -2.27. The number of nitrogens with one attached hydrogen (secondary N) is 1. The number of aryl methyl sites for hydroxylation is 2. The highest BCUT2D eigenvalue weighted by Gasteiger charge is 2.15. The quantitative estimate of drug-likeness (QED) is 0.338. The normalized spacial score (nSPS) is 12.7. The summed E-state index contributed by atoms with van der Waals surface area (Å²) in [4.78, 5) is 12.3. The summed E-state index contributed by atoms with van der Waals surface area (Å²) < 4.78 is 7.98. The number of nitrogens with zero attached hydrogens (tertiary/aromatic N) is 3. The van der Waals surface area contributed by atoms with Gasteiger partial charge in [0.15, 0.2) is 11.0 Å². The molecule has 33 heavy (non-hydrogen) atoms. The molecule has 0 saturated carbocycles. The predicted molar refractivity (Wildman–Crippen MR) is 132 cm³/mol. The number of fused-ring (bicyclic) bond motifs is 1. The van der Waals surface area contributed by atoms with Gasteiger partial charge in [0.2, 0.25) is 5.91 Å². The Hall–Kier alpha value is -3.06. The smallest absolute Gasteiger partial charge is 0.230 e. The van der Waals surface area contributed by atoms with E-state index in [-0.39, 0.29) is 11.7 Å². The molecule has 0 fully saturated rings. The second-order valence-corrected chi connectivity index (χ2v) is 9.04. The minimum atomic E-state index is -0.0176. The Bertz CT molecular complexity index is 1080. The number of thioether (sulfide) groups is 1. The van der Waals surface area contributed by atoms with Gasteiger partial charge in [-0.2, -0.15) is 0 Å². The van der Waals surface area contributed by atoms with Crippen molar-refractivity contribution in [2.45, 2.75) is 50.4 Å². The van der Waals surface area contributed by atoms with Gasteiger partial charge in [-0.15, -0.1) is 16.8 Å². The van der Waals surface area contributed by atoms with E-state index >= 15 is 0 Å². The lowest BCUT2D eigenvalue weighted by atomic mass is 9.92. The molecule has 1 aliphatic rings. The van der Waals surface area contributed by atoms with Crippen molar-refractivity contribution in [3.05, 3.63) is 83.7 Å². The third kappa shape index (κ3) is 6.48. The molecule has 1 heterocycles. The zero-order chi connectivity index (χ0) is 22.9. The van der Waals surface area contributed by atoms with Crippen LogP contribution in [0.15, 0.2) is 66.3 Å². The van der Waals surface area contributed by atoms with Crippen LogP contribution in [0.25, 0.3) is 0 Å². The zero-order valence-electron chi connectivity index (χ0n) is 18.8. The first-order valence-electron chi connectivity index (χ1n) is 11.4. The van der Waals surface area contributed by atoms with E-state index < -0.39 is 0 Å². The maximum Gasteiger partial charge on any atom is 0.230 e. The van der Waals surface area contributed by atoms with Crippen molar-refractivity contribution in [3.8, 4) is 5.75 Å². The van der Waals surface area contributed by atoms with Crippen molar-refractivity contribution in [1.29, 1.82) is 0 Å². The number of benzene rings is 2. The fourth-order valence-corrected chi connectivity index (χ4v) is 4.76. The molecular weight excluding hydrogens is 432 g/mol. The number of carbonyl (C=O) groups is 1. The van der Waals surface area contributed by atoms with Crippen LogP contribution < -0.4 is 10.1 Å². The fraction of sp³-hybridized carbons (Fsp3) is 0.346. The maximum absolute atomic E-state index is 12.3. The van der Waals surface area contributed by atoms with Gasteiger partial charge in [-0.3, -0.25) is 9.36 Å². The predicted octanol–water partition coefficient (Wildman–Crippen LogP) is 4.37. The van der Waals surface area contributed by atoms with E-state index in [4.69, 9.17) is 4.74 Å². The minimum Gasteiger partial charge on any atom is -0.486 e. The van der Waals surface area contributed by atoms with Gasteiger partial charge in [-0.1, -0.05) is 54.2 Å². The standard InChI is InChI=1S/C26H30N4O2S/c1-2-16-30-24(18-32-23-13-12-21-10-6-7-11-22(21)17-23)28-29-26(30)33-19-25(31)27-15-14-20-8-4-3-5-9-20/h2-5,8-9,12-13,17H,1,6-7,10-11,14-16,18-19H2,(H,27,31). The number of carbonyl (C=O) groups excluding carboxylic acids is 1. The molecule has 1 N–H and O–H groups in total. The molecule has 0 aliphatic heterocycles. The van der Waals surface area contributed by atoms with Crippen LogP contribution in [0, 0.1) is 0 Å². The van der Waals surface area contributed by atoms with E-state index in [1.165, 1.54) is 41.3 Å². The van der Waals surface area contributed by atoms with Gasteiger partial charge in [-0.05, 0) is 60.9 Å². The van der Waals surface area contributed by atoms with Crippen molar-refractivity contribution in [3.63, 3.8) is 0 Å². The SMILES string of the molecule is C=CCn1c(COc2ccc3c(c2)CCCC3)nnc1SCC(=O)NCCc1ccccc1. The van der Waals surface area contributed by atoms with Gasteiger partial charge in [0.25, 0.3) is 0 Å². The third-order valence-corrected chi connectivity index (χ3v) is 6.67. The van der Waals surface area contributed by atoms with Gasteiger partial charge >= 0.3 is 0 Å². The second-order valence-electron chi connectivity index (χ2n) is 8.10. The van der Waals surface area contributed by atoms with Crippen LogP contribution in [0.1, 0.15) is 35.4 Å². The topological polar surface area (TPSA) is 69.0 Å². The molecule has 1 aromatic heterocycles. The molecule has 3 aromatic rings. The highest BCUT2D eigenvalue weighted by molar-refractivity contribution is 7.99. The molecule has 4 rings (SSSR count). The Morgan fingerprint density at radius 1 is 1.12 bits per heavy atom. The van der Waals surface area contributed by atoms with E-state index in [0.717, 1.165) is 30.8 Å². The van der Waals surface area contributed by atoms with Crippen LogP contribution in [-0.2, 0) is 37.2 Å². The van der Waals surface area contributed by atoms with Gasteiger partial charge < -0.3 is 10.1 Å². The molecule has 0 spiro atoms. The molecule has 7 heteroatoms. The van der Waals surface area contributed by atoms with Gasteiger partial charge in [-0.25, -0.2) is 0 Å². The summed E-state index contributed by atoms with van der Waals surface area (Å²) in [6.45, 7) is 5.34. The van der Waals surface area contributed by atoms with Crippen molar-refractivity contribution in [2.24, 2.45) is 0 Å². The Morgan fingerprint density at radius 3 is 2.76 bits per heavy atom. The van der Waals surface area contributed by atoms with E-state index in [2.05, 4.69) is 46.4 Å². The molecule has 1 aliphatic carbocycles. The van der Waals surface area contributed by atoms with E-state index in [0.29, 0.717) is 24.9 Å². The summed E-state index contributed by atoms with van der Waals surface area (Å²) in [6, 6.07) is 16.5. The second kappa shape index (κ2) is 11.7. The van der Waals surface area contributed by atoms with Crippen LogP contribution in [0.5, 0.6) is 5.75 Å². The van der Waals surface area contributed by atoms with Crippen LogP contribution in [-0.4, -0.2) is 33.0 Å². The van der Waals surface area contributed by atoms with Gasteiger partial charge in [0, 0.05) is 13.1 Å². The highest BCUT2D eigenvalue weighted by atomic mass is 32.2. The number of allylic oxidation sites excluding steroid dienone is 1. The molecule has 0 atom stereocenters. The van der Waals surface area contributed by atoms with E-state index in [9.17, 15) is 4.79 Å². The average molecular weight is 463 g/mol. The summed E-state index contributed by atoms with van der Waals surface area (Å²) in [5.41, 5.74) is 4.03. The summed E-state index contributed by atoms with van der Waals surface area (Å²) in [6.07, 6.45) is 7.40. The summed E-state index contributed by atoms with van der Waals surface area (Å²) in [5.74, 6) is 1.85. The number of amides is 1. The van der Waals surface area contributed by atoms with Crippen LogP contribution >= 0.6 is 11.8 Å². The maximum atomic E-state index is 12.3. The minimum absolute atomic E-state index is 0.0176. The number of ether oxygens (including phenoxy) is 1. The molecule has 0 saturated heterocycles. The van der Waals surface area contributed by atoms with Crippen molar-refractivity contribution >= 4 is 17.7 Å². The van der Waals surface area contributed by atoms with Crippen molar-refractivity contribution in [1.82, 2.24) is 20.1 Å². The van der Waals surface area contributed by atoms with Gasteiger partial charge in [0.05, 0.1) is 5.75 Å². The number of hydrogen-bond donors (Lipinski definition) is 1. The summed E-state index contributed by atoms with van der Waals surface area (Å²) in [5, 5.41) is 12.3. The average Bonchev–Trinajstić information content (AvgIpc) is 3.23. The zero-order valence-corrected chi connectivity index (χ0v) is 19.7. The first-order chi connectivity index (χ1) is 16.2. The first-order valence-corrected chi connectivity index (χ1v) is 12.4. The molecule has 0 radical (unpaired) electrons. The number of aromatic nitrogens is 3. The third-order valence-electron chi connectivity index (χ3n) is 5.70. The van der Waals surface area contributed by atoms with Crippen molar-refractivity contribution < 1.29 is 9.53 Å².